The number of methoxy groups -OCH3 is 2. The molecule has 1 aromatic rings. The Morgan fingerprint density at radius 2 is 1.77 bits per heavy atom. The molecular formula is C18H31NO3. The van der Waals surface area contributed by atoms with Crippen molar-refractivity contribution in [1.29, 1.82) is 0 Å². The van der Waals surface area contributed by atoms with Crippen molar-refractivity contribution in [2.24, 2.45) is 5.92 Å². The Hall–Kier alpha value is -1.26. The molecule has 0 aliphatic heterocycles. The Bertz CT molecular complexity index is 434. The van der Waals surface area contributed by atoms with E-state index in [1.165, 1.54) is 5.56 Å². The Labute approximate surface area is 135 Å². The lowest BCUT2D eigenvalue weighted by Crippen LogP contribution is -2.34. The molecule has 1 unspecified atom stereocenters. The van der Waals surface area contributed by atoms with Gasteiger partial charge >= 0.3 is 0 Å². The fourth-order valence-electron chi connectivity index (χ4n) is 2.68. The fraction of sp³-hybridized carbons (Fsp3) is 0.667. The van der Waals surface area contributed by atoms with Crippen molar-refractivity contribution in [3.05, 3.63) is 23.8 Å². The zero-order valence-electron chi connectivity index (χ0n) is 14.6. The molecule has 0 aromatic heterocycles. The van der Waals surface area contributed by atoms with E-state index in [0.29, 0.717) is 12.5 Å². The molecule has 0 saturated carbocycles. The Kier molecular flexibility index (Phi) is 8.28. The van der Waals surface area contributed by atoms with Crippen LogP contribution in [-0.2, 0) is 6.54 Å². The quantitative estimate of drug-likeness (QED) is 0.720. The van der Waals surface area contributed by atoms with E-state index in [4.69, 9.17) is 9.47 Å². The van der Waals surface area contributed by atoms with Gasteiger partial charge in [0.1, 0.15) is 0 Å². The van der Waals surface area contributed by atoms with Gasteiger partial charge < -0.3 is 14.6 Å². The molecule has 0 spiro atoms. The number of ether oxygens (including phenoxy) is 2. The first-order chi connectivity index (χ1) is 10.5. The maximum Gasteiger partial charge on any atom is 0.161 e. The molecule has 126 valence electrons. The van der Waals surface area contributed by atoms with Crippen molar-refractivity contribution in [1.82, 2.24) is 4.90 Å². The van der Waals surface area contributed by atoms with E-state index in [2.05, 4.69) is 31.7 Å². The first kappa shape index (κ1) is 18.8. The third-order valence-electron chi connectivity index (χ3n) is 3.57. The van der Waals surface area contributed by atoms with Crippen molar-refractivity contribution in [2.75, 3.05) is 27.3 Å². The number of hydrogen-bond donors (Lipinski definition) is 1. The SMILES string of the molecule is CCCC(O)CN(Cc1ccc(OC)c(OC)c1)CC(C)C. The average Bonchev–Trinajstić information content (AvgIpc) is 2.46. The standard InChI is InChI=1S/C18H31NO3/c1-6-7-16(20)13-19(11-14(2)3)12-15-8-9-17(21-4)18(10-15)22-5/h8-10,14,16,20H,6-7,11-13H2,1-5H3. The van der Waals surface area contributed by atoms with Crippen LogP contribution in [0.5, 0.6) is 11.5 Å². The highest BCUT2D eigenvalue weighted by molar-refractivity contribution is 5.42. The van der Waals surface area contributed by atoms with E-state index in [1.54, 1.807) is 14.2 Å². The van der Waals surface area contributed by atoms with E-state index in [0.717, 1.165) is 37.4 Å². The second kappa shape index (κ2) is 9.70. The van der Waals surface area contributed by atoms with Crippen LogP contribution in [0.15, 0.2) is 18.2 Å². The Morgan fingerprint density at radius 3 is 2.32 bits per heavy atom. The molecule has 4 heteroatoms. The molecule has 1 N–H and O–H groups in total. The van der Waals surface area contributed by atoms with Crippen molar-refractivity contribution in [3.8, 4) is 11.5 Å². The number of aliphatic hydroxyl groups is 1. The van der Waals surface area contributed by atoms with Gasteiger partial charge in [-0.15, -0.1) is 0 Å². The fourth-order valence-corrected chi connectivity index (χ4v) is 2.68. The summed E-state index contributed by atoms with van der Waals surface area (Å²) >= 11 is 0. The molecule has 0 fully saturated rings. The van der Waals surface area contributed by atoms with Crippen LogP contribution in [0.2, 0.25) is 0 Å². The summed E-state index contributed by atoms with van der Waals surface area (Å²) in [7, 11) is 3.29. The lowest BCUT2D eigenvalue weighted by molar-refractivity contribution is 0.0944. The minimum absolute atomic E-state index is 0.260. The number of rotatable bonds is 10. The highest BCUT2D eigenvalue weighted by Gasteiger charge is 2.14. The van der Waals surface area contributed by atoms with Crippen molar-refractivity contribution < 1.29 is 14.6 Å². The minimum atomic E-state index is -0.260. The molecule has 0 aliphatic rings. The van der Waals surface area contributed by atoms with Gasteiger partial charge in [0.2, 0.25) is 0 Å². The van der Waals surface area contributed by atoms with Crippen molar-refractivity contribution >= 4 is 0 Å². The summed E-state index contributed by atoms with van der Waals surface area (Å²) in [6.07, 6.45) is 1.59. The highest BCUT2D eigenvalue weighted by atomic mass is 16.5. The van der Waals surface area contributed by atoms with Crippen LogP contribution < -0.4 is 9.47 Å². The van der Waals surface area contributed by atoms with Gasteiger partial charge in [-0.3, -0.25) is 4.90 Å². The molecule has 0 aliphatic carbocycles. The molecule has 1 atom stereocenters. The third kappa shape index (κ3) is 6.24. The first-order valence-electron chi connectivity index (χ1n) is 8.11. The normalized spacial score (nSPS) is 12.7. The van der Waals surface area contributed by atoms with E-state index in [9.17, 15) is 5.11 Å². The van der Waals surface area contributed by atoms with Crippen LogP contribution in [0, 0.1) is 5.92 Å². The molecule has 0 heterocycles. The summed E-state index contributed by atoms with van der Waals surface area (Å²) in [5.41, 5.74) is 1.17. The van der Waals surface area contributed by atoms with E-state index < -0.39 is 0 Å². The van der Waals surface area contributed by atoms with Crippen molar-refractivity contribution in [3.63, 3.8) is 0 Å². The molecule has 0 amide bonds. The van der Waals surface area contributed by atoms with Gasteiger partial charge in [-0.1, -0.05) is 33.3 Å². The molecule has 1 rings (SSSR count). The van der Waals surface area contributed by atoms with Gasteiger partial charge in [0.15, 0.2) is 11.5 Å². The molecule has 0 saturated heterocycles. The maximum atomic E-state index is 10.1. The van der Waals surface area contributed by atoms with Gasteiger partial charge in [-0.2, -0.15) is 0 Å². The zero-order valence-corrected chi connectivity index (χ0v) is 14.6. The van der Waals surface area contributed by atoms with Gasteiger partial charge in [0.05, 0.1) is 20.3 Å². The lowest BCUT2D eigenvalue weighted by Gasteiger charge is -2.27. The van der Waals surface area contributed by atoms with Crippen LogP contribution in [0.4, 0.5) is 0 Å². The predicted molar refractivity (Wildman–Crippen MR) is 90.6 cm³/mol. The molecular weight excluding hydrogens is 278 g/mol. The van der Waals surface area contributed by atoms with E-state index in [-0.39, 0.29) is 6.10 Å². The highest BCUT2D eigenvalue weighted by Crippen LogP contribution is 2.28. The van der Waals surface area contributed by atoms with E-state index >= 15 is 0 Å². The van der Waals surface area contributed by atoms with Crippen LogP contribution in [-0.4, -0.2) is 43.4 Å². The van der Waals surface area contributed by atoms with Gasteiger partial charge in [-0.25, -0.2) is 0 Å². The van der Waals surface area contributed by atoms with Crippen LogP contribution in [0.1, 0.15) is 39.2 Å². The van der Waals surface area contributed by atoms with E-state index in [1.807, 2.05) is 12.1 Å². The summed E-state index contributed by atoms with van der Waals surface area (Å²) in [6.45, 7) is 8.99. The topological polar surface area (TPSA) is 41.9 Å². The number of nitrogens with zero attached hydrogens (tertiary/aromatic N) is 1. The lowest BCUT2D eigenvalue weighted by atomic mass is 10.1. The maximum absolute atomic E-state index is 10.1. The summed E-state index contributed by atoms with van der Waals surface area (Å²) in [5, 5.41) is 10.1. The van der Waals surface area contributed by atoms with Crippen LogP contribution in [0.3, 0.4) is 0 Å². The summed E-state index contributed by atoms with van der Waals surface area (Å²) < 4.78 is 10.6. The molecule has 22 heavy (non-hydrogen) atoms. The van der Waals surface area contributed by atoms with Crippen LogP contribution in [0.25, 0.3) is 0 Å². The molecule has 0 radical (unpaired) electrons. The number of aliphatic hydroxyl groups excluding tert-OH is 1. The second-order valence-electron chi connectivity index (χ2n) is 6.22. The Balaban J connectivity index is 2.79. The molecule has 0 bridgehead atoms. The summed E-state index contributed by atoms with van der Waals surface area (Å²) in [6, 6.07) is 6.00. The largest absolute Gasteiger partial charge is 0.493 e. The summed E-state index contributed by atoms with van der Waals surface area (Å²) in [4.78, 5) is 2.31. The number of benzene rings is 1. The minimum Gasteiger partial charge on any atom is -0.493 e. The first-order valence-corrected chi connectivity index (χ1v) is 8.11. The van der Waals surface area contributed by atoms with Crippen molar-refractivity contribution in [2.45, 2.75) is 46.3 Å². The Morgan fingerprint density at radius 1 is 1.09 bits per heavy atom. The second-order valence-corrected chi connectivity index (χ2v) is 6.22. The summed E-state index contributed by atoms with van der Waals surface area (Å²) in [5.74, 6) is 2.06. The third-order valence-corrected chi connectivity index (χ3v) is 3.57. The molecule has 4 nitrogen and oxygen atoms in total. The monoisotopic (exact) mass is 309 g/mol. The number of hydrogen-bond acceptors (Lipinski definition) is 4. The average molecular weight is 309 g/mol. The smallest absolute Gasteiger partial charge is 0.161 e. The molecule has 1 aromatic carbocycles. The van der Waals surface area contributed by atoms with Gasteiger partial charge in [0, 0.05) is 19.6 Å². The van der Waals surface area contributed by atoms with Gasteiger partial charge in [-0.05, 0) is 30.0 Å². The zero-order chi connectivity index (χ0) is 16.5. The predicted octanol–water partition coefficient (Wildman–Crippen LogP) is 3.32. The van der Waals surface area contributed by atoms with Gasteiger partial charge in [0.25, 0.3) is 0 Å². The van der Waals surface area contributed by atoms with Crippen LogP contribution >= 0.6 is 0 Å².